The molecule has 0 radical (unpaired) electrons. The number of hydrogen-bond acceptors (Lipinski definition) is 0. The predicted octanol–water partition coefficient (Wildman–Crippen LogP) is 5.76. The van der Waals surface area contributed by atoms with E-state index in [1.165, 1.54) is 44.2 Å². The van der Waals surface area contributed by atoms with Gasteiger partial charge < -0.3 is 0 Å². The van der Waals surface area contributed by atoms with E-state index >= 15 is 0 Å². The lowest BCUT2D eigenvalue weighted by Gasteiger charge is -2.35. The summed E-state index contributed by atoms with van der Waals surface area (Å²) in [5.74, 6) is 0. The first-order valence-corrected chi connectivity index (χ1v) is 7.64. The summed E-state index contributed by atoms with van der Waals surface area (Å²) in [6, 6.07) is 18.2. The van der Waals surface area contributed by atoms with Gasteiger partial charge in [0.15, 0.2) is 0 Å². The molecule has 3 aromatic carbocycles. The van der Waals surface area contributed by atoms with E-state index in [9.17, 15) is 0 Å². The van der Waals surface area contributed by atoms with Crippen molar-refractivity contribution in [2.45, 2.75) is 33.1 Å². The summed E-state index contributed by atoms with van der Waals surface area (Å²) in [6.07, 6.45) is 0. The smallest absolute Gasteiger partial charge is 0.0159 e. The molecule has 0 heterocycles. The molecule has 4 rings (SSSR count). The predicted molar refractivity (Wildman–Crippen MR) is 91.0 cm³/mol. The van der Waals surface area contributed by atoms with Gasteiger partial charge in [0, 0.05) is 5.41 Å². The van der Waals surface area contributed by atoms with Crippen molar-refractivity contribution in [3.05, 3.63) is 70.8 Å². The van der Waals surface area contributed by atoms with E-state index in [1.54, 1.807) is 0 Å². The molecule has 3 aromatic rings. The van der Waals surface area contributed by atoms with Crippen molar-refractivity contribution in [2.75, 3.05) is 0 Å². The van der Waals surface area contributed by atoms with Crippen LogP contribution in [0.3, 0.4) is 0 Å². The number of hydrogen-bond donors (Lipinski definition) is 0. The van der Waals surface area contributed by atoms with Crippen LogP contribution in [0.4, 0.5) is 0 Å². The van der Waals surface area contributed by atoms with E-state index in [2.05, 4.69) is 76.2 Å². The Kier molecular flexibility index (Phi) is 2.39. The topological polar surface area (TPSA) is 0 Å². The Hall–Kier alpha value is -2.08. The van der Waals surface area contributed by atoms with Crippen LogP contribution >= 0.6 is 0 Å². The van der Waals surface area contributed by atoms with Crippen LogP contribution in [0, 0.1) is 13.8 Å². The second kappa shape index (κ2) is 3.98. The second-order valence-electron chi connectivity index (χ2n) is 6.83. The fourth-order valence-corrected chi connectivity index (χ4v) is 3.85. The molecule has 0 spiro atoms. The van der Waals surface area contributed by atoms with E-state index in [1.807, 2.05) is 0 Å². The van der Waals surface area contributed by atoms with Crippen molar-refractivity contribution >= 4 is 10.8 Å². The number of fused-ring (bicyclic) bond motifs is 2. The Morgan fingerprint density at radius 3 is 2.33 bits per heavy atom. The number of aryl methyl sites for hydroxylation is 2. The minimum atomic E-state index is 0.0572. The fraction of sp³-hybridized carbons (Fsp3) is 0.238. The molecular weight excluding hydrogens is 252 g/mol. The molecule has 0 bridgehead atoms. The van der Waals surface area contributed by atoms with Crippen molar-refractivity contribution < 1.29 is 0 Å². The van der Waals surface area contributed by atoms with E-state index in [-0.39, 0.29) is 5.41 Å². The first kappa shape index (κ1) is 12.6. The minimum absolute atomic E-state index is 0.0572. The van der Waals surface area contributed by atoms with Crippen LogP contribution in [-0.2, 0) is 5.41 Å². The average molecular weight is 272 g/mol. The van der Waals surface area contributed by atoms with E-state index < -0.39 is 0 Å². The van der Waals surface area contributed by atoms with Crippen molar-refractivity contribution in [2.24, 2.45) is 0 Å². The van der Waals surface area contributed by atoms with Crippen molar-refractivity contribution in [3.8, 4) is 11.1 Å². The Morgan fingerprint density at radius 1 is 0.762 bits per heavy atom. The molecule has 0 N–H and O–H groups in total. The van der Waals surface area contributed by atoms with E-state index in [0.29, 0.717) is 0 Å². The normalized spacial score (nSPS) is 15.0. The maximum atomic E-state index is 2.36. The van der Waals surface area contributed by atoms with Crippen molar-refractivity contribution in [1.82, 2.24) is 0 Å². The zero-order valence-electron chi connectivity index (χ0n) is 13.1. The third-order valence-electron chi connectivity index (χ3n) is 5.07. The standard InChI is InChI=1S/C21H20/c1-13-8-10-16-17-11-9-14(2)15-6-5-7-18(20(15)17)21(3,4)19(16)12-13/h5-12H,1-4H3. The maximum absolute atomic E-state index is 2.36. The van der Waals surface area contributed by atoms with Crippen LogP contribution in [-0.4, -0.2) is 0 Å². The molecule has 0 aromatic heterocycles. The summed E-state index contributed by atoms with van der Waals surface area (Å²) in [5.41, 5.74) is 8.45. The van der Waals surface area contributed by atoms with E-state index in [4.69, 9.17) is 0 Å². The molecular formula is C21H20. The quantitative estimate of drug-likeness (QED) is 0.488. The van der Waals surface area contributed by atoms with Gasteiger partial charge in [-0.25, -0.2) is 0 Å². The molecule has 0 amide bonds. The molecule has 0 saturated carbocycles. The summed E-state index contributed by atoms with van der Waals surface area (Å²) in [6.45, 7) is 9.10. The molecule has 21 heavy (non-hydrogen) atoms. The molecule has 104 valence electrons. The first-order valence-electron chi connectivity index (χ1n) is 7.64. The highest BCUT2D eigenvalue weighted by molar-refractivity contribution is 6.04. The lowest BCUT2D eigenvalue weighted by Crippen LogP contribution is -2.23. The highest BCUT2D eigenvalue weighted by Gasteiger charge is 2.33. The highest BCUT2D eigenvalue weighted by atomic mass is 14.4. The molecule has 0 fully saturated rings. The Labute approximate surface area is 126 Å². The van der Waals surface area contributed by atoms with Gasteiger partial charge >= 0.3 is 0 Å². The lowest BCUT2D eigenvalue weighted by molar-refractivity contribution is 0.644. The molecule has 0 saturated heterocycles. The average Bonchev–Trinajstić information content (AvgIpc) is 2.47. The summed E-state index contributed by atoms with van der Waals surface area (Å²) in [4.78, 5) is 0. The molecule has 1 aliphatic carbocycles. The van der Waals surface area contributed by atoms with E-state index in [0.717, 1.165) is 0 Å². The molecule has 0 nitrogen and oxygen atoms in total. The minimum Gasteiger partial charge on any atom is -0.0613 e. The molecule has 0 heteroatoms. The van der Waals surface area contributed by atoms with Crippen LogP contribution in [0.1, 0.15) is 36.1 Å². The van der Waals surface area contributed by atoms with Crippen LogP contribution in [0.15, 0.2) is 48.5 Å². The Morgan fingerprint density at radius 2 is 1.52 bits per heavy atom. The van der Waals surface area contributed by atoms with Crippen LogP contribution in [0.2, 0.25) is 0 Å². The van der Waals surface area contributed by atoms with Crippen molar-refractivity contribution in [1.29, 1.82) is 0 Å². The largest absolute Gasteiger partial charge is 0.0613 e. The fourth-order valence-electron chi connectivity index (χ4n) is 3.85. The zero-order valence-corrected chi connectivity index (χ0v) is 13.1. The zero-order chi connectivity index (χ0) is 14.8. The number of rotatable bonds is 0. The van der Waals surface area contributed by atoms with Gasteiger partial charge in [-0.3, -0.25) is 0 Å². The SMILES string of the molecule is Cc1ccc2c(c1)C(C)(C)c1cccc3c(C)ccc-2c13. The first-order chi connectivity index (χ1) is 10.00. The summed E-state index contributed by atoms with van der Waals surface area (Å²) < 4.78 is 0. The highest BCUT2D eigenvalue weighted by Crippen LogP contribution is 2.49. The van der Waals surface area contributed by atoms with Gasteiger partial charge in [0.05, 0.1) is 0 Å². The van der Waals surface area contributed by atoms with Gasteiger partial charge in [0.25, 0.3) is 0 Å². The van der Waals surface area contributed by atoms with Gasteiger partial charge in [0.1, 0.15) is 0 Å². The van der Waals surface area contributed by atoms with Crippen LogP contribution in [0.25, 0.3) is 21.9 Å². The molecule has 0 atom stereocenters. The summed E-state index contributed by atoms with van der Waals surface area (Å²) in [5, 5.41) is 2.84. The molecule has 0 aliphatic heterocycles. The monoisotopic (exact) mass is 272 g/mol. The van der Waals surface area contributed by atoms with Gasteiger partial charge in [-0.2, -0.15) is 0 Å². The molecule has 0 unspecified atom stereocenters. The van der Waals surface area contributed by atoms with Gasteiger partial charge in [0.2, 0.25) is 0 Å². The van der Waals surface area contributed by atoms with Gasteiger partial charge in [-0.05, 0) is 52.4 Å². The third kappa shape index (κ3) is 1.56. The van der Waals surface area contributed by atoms with Crippen LogP contribution in [0.5, 0.6) is 0 Å². The van der Waals surface area contributed by atoms with Gasteiger partial charge in [-0.1, -0.05) is 67.9 Å². The Balaban J connectivity index is 2.26. The summed E-state index contributed by atoms with van der Waals surface area (Å²) in [7, 11) is 0. The lowest BCUT2D eigenvalue weighted by atomic mass is 9.68. The van der Waals surface area contributed by atoms with Crippen LogP contribution < -0.4 is 0 Å². The summed E-state index contributed by atoms with van der Waals surface area (Å²) >= 11 is 0. The third-order valence-corrected chi connectivity index (χ3v) is 5.07. The number of benzene rings is 3. The van der Waals surface area contributed by atoms with Gasteiger partial charge in [-0.15, -0.1) is 0 Å². The molecule has 1 aliphatic rings. The Bertz CT molecular complexity index is 882. The van der Waals surface area contributed by atoms with Crippen molar-refractivity contribution in [3.63, 3.8) is 0 Å². The second-order valence-corrected chi connectivity index (χ2v) is 6.83. The maximum Gasteiger partial charge on any atom is 0.0159 e.